The van der Waals surface area contributed by atoms with E-state index in [1.54, 1.807) is 12.3 Å². The van der Waals surface area contributed by atoms with Gasteiger partial charge in [-0.25, -0.2) is 9.97 Å². The quantitative estimate of drug-likeness (QED) is 0.689. The Bertz CT molecular complexity index is 1060. The van der Waals surface area contributed by atoms with Crippen LogP contribution in [0.15, 0.2) is 48.7 Å². The molecule has 0 aliphatic carbocycles. The molecule has 148 valence electrons. The highest BCUT2D eigenvalue weighted by atomic mass is 35.5. The molecule has 0 bridgehead atoms. The summed E-state index contributed by atoms with van der Waals surface area (Å²) in [5, 5.41) is 3.38. The Hall–Kier alpha value is -3.12. The van der Waals surface area contributed by atoms with Gasteiger partial charge in [-0.1, -0.05) is 23.7 Å². The molecule has 1 N–H and O–H groups in total. The standard InChI is InChI=1S/C22H20ClN3O3/c1-14-24-7-6-19(25-14)16-4-2-5-17(13-16)26-21(27)12-15-10-18(23)22-20(11-15)28-8-3-9-29-22/h2,4-7,10-11,13H,3,8-9,12H2,1H3,(H,26,27). The van der Waals surface area contributed by atoms with Crippen molar-refractivity contribution >= 4 is 23.2 Å². The highest BCUT2D eigenvalue weighted by molar-refractivity contribution is 6.32. The number of nitrogens with one attached hydrogen (secondary N) is 1. The van der Waals surface area contributed by atoms with Gasteiger partial charge in [0, 0.05) is 23.9 Å². The Kier molecular flexibility index (Phi) is 5.62. The number of hydrogen-bond acceptors (Lipinski definition) is 5. The summed E-state index contributed by atoms with van der Waals surface area (Å²) in [4.78, 5) is 21.1. The molecule has 29 heavy (non-hydrogen) atoms. The molecular weight excluding hydrogens is 390 g/mol. The van der Waals surface area contributed by atoms with Crippen molar-refractivity contribution < 1.29 is 14.3 Å². The van der Waals surface area contributed by atoms with E-state index >= 15 is 0 Å². The van der Waals surface area contributed by atoms with Gasteiger partial charge in [0.1, 0.15) is 5.82 Å². The molecule has 1 aromatic heterocycles. The highest BCUT2D eigenvalue weighted by Gasteiger charge is 2.17. The van der Waals surface area contributed by atoms with Gasteiger partial charge in [-0.3, -0.25) is 4.79 Å². The fourth-order valence-electron chi connectivity index (χ4n) is 3.15. The van der Waals surface area contributed by atoms with Crippen molar-refractivity contribution in [3.63, 3.8) is 0 Å². The summed E-state index contributed by atoms with van der Waals surface area (Å²) in [5.41, 5.74) is 3.18. The molecule has 2 aromatic carbocycles. The monoisotopic (exact) mass is 409 g/mol. The van der Waals surface area contributed by atoms with Crippen LogP contribution in [0, 0.1) is 6.92 Å². The van der Waals surface area contributed by atoms with Crippen LogP contribution in [0.2, 0.25) is 5.02 Å². The van der Waals surface area contributed by atoms with Crippen molar-refractivity contribution in [2.75, 3.05) is 18.5 Å². The second-order valence-corrected chi connectivity index (χ2v) is 7.16. The maximum atomic E-state index is 12.6. The molecule has 7 heteroatoms. The van der Waals surface area contributed by atoms with Gasteiger partial charge in [0.05, 0.1) is 30.4 Å². The molecule has 0 atom stereocenters. The number of halogens is 1. The van der Waals surface area contributed by atoms with E-state index in [1.807, 2.05) is 43.3 Å². The van der Waals surface area contributed by atoms with Gasteiger partial charge < -0.3 is 14.8 Å². The maximum absolute atomic E-state index is 12.6. The SMILES string of the molecule is Cc1nccc(-c2cccc(NC(=O)Cc3cc(Cl)c4c(c3)OCCCO4)c2)n1. The van der Waals surface area contributed by atoms with Crippen molar-refractivity contribution in [3.05, 3.63) is 65.1 Å². The maximum Gasteiger partial charge on any atom is 0.228 e. The summed E-state index contributed by atoms with van der Waals surface area (Å²) < 4.78 is 11.3. The first-order valence-electron chi connectivity index (χ1n) is 9.36. The summed E-state index contributed by atoms with van der Waals surface area (Å²) in [7, 11) is 0. The Labute approximate surface area is 173 Å². The molecule has 4 rings (SSSR count). The summed E-state index contributed by atoms with van der Waals surface area (Å²) in [6.07, 6.45) is 2.69. The molecule has 2 heterocycles. The second-order valence-electron chi connectivity index (χ2n) is 6.75. The highest BCUT2D eigenvalue weighted by Crippen LogP contribution is 2.38. The fourth-order valence-corrected chi connectivity index (χ4v) is 3.44. The van der Waals surface area contributed by atoms with E-state index < -0.39 is 0 Å². The minimum atomic E-state index is -0.147. The van der Waals surface area contributed by atoms with Crippen LogP contribution in [-0.4, -0.2) is 29.1 Å². The minimum absolute atomic E-state index is 0.147. The molecule has 6 nitrogen and oxygen atoms in total. The normalized spacial score (nSPS) is 12.9. The van der Waals surface area contributed by atoms with Crippen LogP contribution in [0.3, 0.4) is 0 Å². The molecule has 0 spiro atoms. The fraction of sp³-hybridized carbons (Fsp3) is 0.227. The van der Waals surface area contributed by atoms with Gasteiger partial charge in [0.2, 0.25) is 5.91 Å². The average molecular weight is 410 g/mol. The van der Waals surface area contributed by atoms with E-state index in [9.17, 15) is 4.79 Å². The zero-order valence-electron chi connectivity index (χ0n) is 15.9. The Morgan fingerprint density at radius 1 is 1.17 bits per heavy atom. The van der Waals surface area contributed by atoms with Crippen LogP contribution in [0.25, 0.3) is 11.3 Å². The zero-order chi connectivity index (χ0) is 20.2. The summed E-state index contributed by atoms with van der Waals surface area (Å²) >= 11 is 6.32. The number of aromatic nitrogens is 2. The van der Waals surface area contributed by atoms with Gasteiger partial charge in [-0.15, -0.1) is 0 Å². The largest absolute Gasteiger partial charge is 0.489 e. The number of fused-ring (bicyclic) bond motifs is 1. The molecule has 0 fully saturated rings. The number of anilines is 1. The van der Waals surface area contributed by atoms with E-state index in [0.29, 0.717) is 41.2 Å². The lowest BCUT2D eigenvalue weighted by Crippen LogP contribution is -2.14. The van der Waals surface area contributed by atoms with Crippen LogP contribution in [0.1, 0.15) is 17.8 Å². The van der Waals surface area contributed by atoms with Gasteiger partial charge in [0.15, 0.2) is 11.5 Å². The number of ether oxygens (including phenoxy) is 2. The predicted octanol–water partition coefficient (Wildman–Crippen LogP) is 4.45. The molecule has 3 aromatic rings. The number of nitrogens with zero attached hydrogens (tertiary/aromatic N) is 2. The lowest BCUT2D eigenvalue weighted by Gasteiger charge is -2.12. The lowest BCUT2D eigenvalue weighted by atomic mass is 10.1. The van der Waals surface area contributed by atoms with Crippen LogP contribution >= 0.6 is 11.6 Å². The smallest absolute Gasteiger partial charge is 0.228 e. The first-order valence-corrected chi connectivity index (χ1v) is 9.74. The van der Waals surface area contributed by atoms with E-state index in [4.69, 9.17) is 21.1 Å². The molecule has 1 aliphatic heterocycles. The zero-order valence-corrected chi connectivity index (χ0v) is 16.7. The molecular formula is C22H20ClN3O3. The number of amides is 1. The number of hydrogen-bond donors (Lipinski definition) is 1. The third-order valence-corrected chi connectivity index (χ3v) is 4.73. The van der Waals surface area contributed by atoms with Crippen molar-refractivity contribution in [1.82, 2.24) is 9.97 Å². The molecule has 1 aliphatic rings. The van der Waals surface area contributed by atoms with Gasteiger partial charge in [0.25, 0.3) is 0 Å². The van der Waals surface area contributed by atoms with Crippen molar-refractivity contribution in [2.45, 2.75) is 19.8 Å². The number of carbonyl (C=O) groups excluding carboxylic acids is 1. The van der Waals surface area contributed by atoms with Crippen LogP contribution < -0.4 is 14.8 Å². The van der Waals surface area contributed by atoms with Crippen LogP contribution in [0.5, 0.6) is 11.5 Å². The molecule has 0 saturated carbocycles. The first kappa shape index (κ1) is 19.2. The third kappa shape index (κ3) is 4.66. The van der Waals surface area contributed by atoms with E-state index in [2.05, 4.69) is 15.3 Å². The summed E-state index contributed by atoms with van der Waals surface area (Å²) in [5.74, 6) is 1.68. The molecule has 0 saturated heterocycles. The van der Waals surface area contributed by atoms with Crippen LogP contribution in [0.4, 0.5) is 5.69 Å². The van der Waals surface area contributed by atoms with E-state index in [0.717, 1.165) is 23.2 Å². The summed E-state index contributed by atoms with van der Waals surface area (Å²) in [6.45, 7) is 2.97. The molecule has 0 unspecified atom stereocenters. The Morgan fingerprint density at radius 2 is 2.03 bits per heavy atom. The molecule has 0 radical (unpaired) electrons. The van der Waals surface area contributed by atoms with Crippen molar-refractivity contribution in [2.24, 2.45) is 0 Å². The third-order valence-electron chi connectivity index (χ3n) is 4.44. The number of aryl methyl sites for hydroxylation is 1. The van der Waals surface area contributed by atoms with Crippen molar-refractivity contribution in [3.8, 4) is 22.8 Å². The predicted molar refractivity (Wildman–Crippen MR) is 112 cm³/mol. The Morgan fingerprint density at radius 3 is 2.90 bits per heavy atom. The van der Waals surface area contributed by atoms with Gasteiger partial charge in [-0.05, 0) is 42.8 Å². The lowest BCUT2D eigenvalue weighted by molar-refractivity contribution is -0.115. The first-order chi connectivity index (χ1) is 14.1. The molecule has 1 amide bonds. The summed E-state index contributed by atoms with van der Waals surface area (Å²) in [6, 6.07) is 13.0. The number of rotatable bonds is 4. The van der Waals surface area contributed by atoms with E-state index in [-0.39, 0.29) is 12.3 Å². The topological polar surface area (TPSA) is 73.3 Å². The average Bonchev–Trinajstić information content (AvgIpc) is 2.94. The Balaban J connectivity index is 1.48. The van der Waals surface area contributed by atoms with E-state index in [1.165, 1.54) is 0 Å². The van der Waals surface area contributed by atoms with Crippen molar-refractivity contribution in [1.29, 1.82) is 0 Å². The van der Waals surface area contributed by atoms with Gasteiger partial charge >= 0.3 is 0 Å². The van der Waals surface area contributed by atoms with Gasteiger partial charge in [-0.2, -0.15) is 0 Å². The number of benzene rings is 2. The second kappa shape index (κ2) is 8.49. The minimum Gasteiger partial charge on any atom is -0.489 e. The van der Waals surface area contributed by atoms with Crippen LogP contribution in [-0.2, 0) is 11.2 Å². The number of carbonyl (C=O) groups is 1.